The smallest absolute Gasteiger partial charge is 0.328 e. The molecule has 1 heterocycles. The molecule has 1 N–H and O–H groups in total. The molecule has 0 saturated carbocycles. The number of rotatable bonds is 2. The van der Waals surface area contributed by atoms with E-state index in [4.69, 9.17) is 5.11 Å². The zero-order valence-corrected chi connectivity index (χ0v) is 7.86. The van der Waals surface area contributed by atoms with Gasteiger partial charge < -0.3 is 5.11 Å². The molecule has 0 spiro atoms. The van der Waals surface area contributed by atoms with Gasteiger partial charge in [0.1, 0.15) is 11.0 Å². The summed E-state index contributed by atoms with van der Waals surface area (Å²) < 4.78 is 8.14. The van der Waals surface area contributed by atoms with Gasteiger partial charge in [0, 0.05) is 11.6 Å². The van der Waals surface area contributed by atoms with Crippen LogP contribution in [0.1, 0.15) is 5.56 Å². The van der Waals surface area contributed by atoms with Crippen molar-refractivity contribution in [3.05, 3.63) is 29.8 Å². The second-order valence-electron chi connectivity index (χ2n) is 2.65. The van der Waals surface area contributed by atoms with Crippen molar-refractivity contribution in [2.75, 3.05) is 0 Å². The average Bonchev–Trinajstić information content (AvgIpc) is 2.62. The molecule has 2 aromatic rings. The number of hydrogen-bond acceptors (Lipinski definition) is 4. The predicted molar refractivity (Wildman–Crippen MR) is 54.1 cm³/mol. The lowest BCUT2D eigenvalue weighted by molar-refractivity contribution is -0.131. The van der Waals surface area contributed by atoms with Gasteiger partial charge in [-0.15, -0.1) is 0 Å². The van der Waals surface area contributed by atoms with E-state index < -0.39 is 5.97 Å². The summed E-state index contributed by atoms with van der Waals surface area (Å²) in [5.41, 5.74) is 2.32. The molecule has 0 aliphatic rings. The molecular weight excluding hydrogens is 200 g/mol. The molecule has 0 aliphatic carbocycles. The Morgan fingerprint density at radius 1 is 1.43 bits per heavy atom. The van der Waals surface area contributed by atoms with E-state index in [2.05, 4.69) is 8.75 Å². The minimum Gasteiger partial charge on any atom is -0.478 e. The van der Waals surface area contributed by atoms with Crippen LogP contribution in [0.15, 0.2) is 24.3 Å². The Morgan fingerprint density at radius 3 is 3.07 bits per heavy atom. The van der Waals surface area contributed by atoms with E-state index in [0.29, 0.717) is 0 Å². The fraction of sp³-hybridized carbons (Fsp3) is 0. The average molecular weight is 206 g/mol. The molecule has 0 amide bonds. The van der Waals surface area contributed by atoms with Gasteiger partial charge in [0.2, 0.25) is 0 Å². The minimum atomic E-state index is -0.967. The topological polar surface area (TPSA) is 63.1 Å². The Morgan fingerprint density at radius 2 is 2.29 bits per heavy atom. The molecular formula is C9H6N2O2S. The first-order valence-electron chi connectivity index (χ1n) is 3.89. The third-order valence-corrected chi connectivity index (χ3v) is 2.27. The first-order chi connectivity index (χ1) is 6.77. The maximum atomic E-state index is 10.3. The summed E-state index contributed by atoms with van der Waals surface area (Å²) in [5.74, 6) is -0.967. The number of aliphatic carboxylic acids is 1. The predicted octanol–water partition coefficient (Wildman–Crippen LogP) is 1.79. The summed E-state index contributed by atoms with van der Waals surface area (Å²) in [5, 5.41) is 8.48. The van der Waals surface area contributed by atoms with Gasteiger partial charge >= 0.3 is 5.97 Å². The molecule has 0 unspecified atom stereocenters. The number of fused-ring (bicyclic) bond motifs is 1. The quantitative estimate of drug-likeness (QED) is 0.761. The summed E-state index contributed by atoms with van der Waals surface area (Å²) >= 11 is 1.12. The van der Waals surface area contributed by atoms with Crippen LogP contribution in [0.3, 0.4) is 0 Å². The van der Waals surface area contributed by atoms with Crippen molar-refractivity contribution in [2.24, 2.45) is 0 Å². The van der Waals surface area contributed by atoms with E-state index in [0.717, 1.165) is 34.4 Å². The number of nitrogens with zero attached hydrogens (tertiary/aromatic N) is 2. The van der Waals surface area contributed by atoms with Gasteiger partial charge in [0.25, 0.3) is 0 Å². The largest absolute Gasteiger partial charge is 0.478 e. The maximum Gasteiger partial charge on any atom is 0.328 e. The van der Waals surface area contributed by atoms with E-state index >= 15 is 0 Å². The maximum absolute atomic E-state index is 10.3. The van der Waals surface area contributed by atoms with Crippen LogP contribution < -0.4 is 0 Å². The number of aromatic nitrogens is 2. The first kappa shape index (κ1) is 8.83. The van der Waals surface area contributed by atoms with Crippen LogP contribution in [-0.4, -0.2) is 19.8 Å². The summed E-state index contributed by atoms with van der Waals surface area (Å²) in [4.78, 5) is 10.3. The summed E-state index contributed by atoms with van der Waals surface area (Å²) in [6, 6.07) is 5.48. The molecule has 0 saturated heterocycles. The first-order valence-corrected chi connectivity index (χ1v) is 4.63. The fourth-order valence-electron chi connectivity index (χ4n) is 1.12. The fourth-order valence-corrected chi connectivity index (χ4v) is 1.68. The third kappa shape index (κ3) is 1.62. The molecule has 14 heavy (non-hydrogen) atoms. The van der Waals surface area contributed by atoms with Gasteiger partial charge in [0.15, 0.2) is 0 Å². The Bertz CT molecular complexity index is 504. The molecule has 0 atom stereocenters. The van der Waals surface area contributed by atoms with Crippen molar-refractivity contribution in [1.29, 1.82) is 0 Å². The van der Waals surface area contributed by atoms with Crippen LogP contribution in [-0.2, 0) is 4.79 Å². The SMILES string of the molecule is O=C(O)C=Cc1cccc2nsnc12. The number of carboxylic acids is 1. The van der Waals surface area contributed by atoms with Gasteiger partial charge in [-0.25, -0.2) is 4.79 Å². The highest BCUT2D eigenvalue weighted by Crippen LogP contribution is 2.17. The third-order valence-electron chi connectivity index (χ3n) is 1.72. The van der Waals surface area contributed by atoms with Gasteiger partial charge in [0.05, 0.1) is 11.7 Å². The van der Waals surface area contributed by atoms with Crippen LogP contribution in [0.5, 0.6) is 0 Å². The number of carboxylic acid groups (broad SMARTS) is 1. The summed E-state index contributed by atoms with van der Waals surface area (Å²) in [6.45, 7) is 0. The van der Waals surface area contributed by atoms with Crippen molar-refractivity contribution < 1.29 is 9.90 Å². The van der Waals surface area contributed by atoms with Crippen molar-refractivity contribution in [1.82, 2.24) is 8.75 Å². The summed E-state index contributed by atoms with van der Waals surface area (Å²) in [7, 11) is 0. The molecule has 5 heteroatoms. The Hall–Kier alpha value is -1.75. The second kappa shape index (κ2) is 3.55. The van der Waals surface area contributed by atoms with Crippen LogP contribution in [0, 0.1) is 0 Å². The molecule has 0 fully saturated rings. The van der Waals surface area contributed by atoms with Crippen LogP contribution in [0.25, 0.3) is 17.1 Å². The Balaban J connectivity index is 2.51. The second-order valence-corrected chi connectivity index (χ2v) is 3.18. The van der Waals surface area contributed by atoms with Crippen molar-refractivity contribution >= 4 is 34.8 Å². The highest BCUT2D eigenvalue weighted by molar-refractivity contribution is 7.00. The highest BCUT2D eigenvalue weighted by Gasteiger charge is 2.01. The molecule has 1 aromatic heterocycles. The normalized spacial score (nSPS) is 11.1. The molecule has 0 bridgehead atoms. The molecule has 70 valence electrons. The lowest BCUT2D eigenvalue weighted by Gasteiger charge is -1.92. The van der Waals surface area contributed by atoms with Gasteiger partial charge in [-0.3, -0.25) is 0 Å². The van der Waals surface area contributed by atoms with Gasteiger partial charge in [-0.2, -0.15) is 8.75 Å². The van der Waals surface area contributed by atoms with Crippen LogP contribution in [0.4, 0.5) is 0 Å². The van der Waals surface area contributed by atoms with E-state index in [-0.39, 0.29) is 0 Å². The summed E-state index contributed by atoms with van der Waals surface area (Å²) in [6.07, 6.45) is 2.61. The number of hydrogen-bond donors (Lipinski definition) is 1. The van der Waals surface area contributed by atoms with Gasteiger partial charge in [-0.1, -0.05) is 12.1 Å². The lowest BCUT2D eigenvalue weighted by atomic mass is 10.2. The van der Waals surface area contributed by atoms with E-state index in [1.54, 1.807) is 0 Å². The van der Waals surface area contributed by atoms with E-state index in [1.807, 2.05) is 18.2 Å². The molecule has 4 nitrogen and oxygen atoms in total. The minimum absolute atomic E-state index is 0.745. The monoisotopic (exact) mass is 206 g/mol. The zero-order chi connectivity index (χ0) is 9.97. The molecule has 1 aromatic carbocycles. The van der Waals surface area contributed by atoms with Crippen LogP contribution >= 0.6 is 11.7 Å². The number of benzene rings is 1. The Kier molecular flexibility index (Phi) is 2.24. The molecule has 2 rings (SSSR count). The molecule has 0 aliphatic heterocycles. The van der Waals surface area contributed by atoms with Crippen molar-refractivity contribution in [3.63, 3.8) is 0 Å². The molecule has 0 radical (unpaired) electrons. The standard InChI is InChI=1S/C9H6N2O2S/c12-8(13)5-4-6-2-1-3-7-9(6)11-14-10-7/h1-5H,(H,12,13). The van der Waals surface area contributed by atoms with Crippen LogP contribution in [0.2, 0.25) is 0 Å². The highest BCUT2D eigenvalue weighted by atomic mass is 32.1. The van der Waals surface area contributed by atoms with E-state index in [1.165, 1.54) is 6.08 Å². The Labute approximate surface area is 83.8 Å². The van der Waals surface area contributed by atoms with E-state index in [9.17, 15) is 4.79 Å². The lowest BCUT2D eigenvalue weighted by Crippen LogP contribution is -1.86. The van der Waals surface area contributed by atoms with Crippen molar-refractivity contribution in [2.45, 2.75) is 0 Å². The number of carbonyl (C=O) groups is 1. The van der Waals surface area contributed by atoms with Crippen molar-refractivity contribution in [3.8, 4) is 0 Å². The van der Waals surface area contributed by atoms with Gasteiger partial charge in [-0.05, 0) is 12.1 Å². The zero-order valence-electron chi connectivity index (χ0n) is 7.04.